The number of carbonyl (C=O) groups is 2. The lowest BCUT2D eigenvalue weighted by Gasteiger charge is -2.18. The van der Waals surface area contributed by atoms with Crippen LogP contribution in [-0.4, -0.2) is 55.6 Å². The number of carbonyl (C=O) groups excluding carboxylic acids is 2. The van der Waals surface area contributed by atoms with Crippen molar-refractivity contribution in [3.05, 3.63) is 59.1 Å². The number of benzene rings is 2. The first kappa shape index (κ1) is 22.8. The van der Waals surface area contributed by atoms with Crippen molar-refractivity contribution in [2.24, 2.45) is 5.92 Å². The molecule has 2 heterocycles. The highest BCUT2D eigenvalue weighted by molar-refractivity contribution is 7.89. The Kier molecular flexibility index (Phi) is 6.83. The van der Waals surface area contributed by atoms with Gasteiger partial charge in [0.25, 0.3) is 0 Å². The lowest BCUT2D eigenvalue weighted by molar-refractivity contribution is -0.128. The summed E-state index contributed by atoms with van der Waals surface area (Å²) in [7, 11) is -3.71. The first-order chi connectivity index (χ1) is 15.3. The fourth-order valence-corrected chi connectivity index (χ4v) is 6.18. The Labute approximate surface area is 193 Å². The molecule has 2 amide bonds. The molecule has 1 N–H and O–H groups in total. The number of nitrogens with one attached hydrogen (secondary N) is 1. The maximum atomic E-state index is 12.9. The third-order valence-electron chi connectivity index (χ3n) is 5.98. The topological polar surface area (TPSA) is 86.8 Å². The summed E-state index contributed by atoms with van der Waals surface area (Å²) >= 11 is 6.18. The van der Waals surface area contributed by atoms with Crippen molar-refractivity contribution in [2.45, 2.75) is 30.6 Å². The van der Waals surface area contributed by atoms with Crippen molar-refractivity contribution in [2.75, 3.05) is 31.5 Å². The number of likely N-dealkylation sites (tertiary alicyclic amines) is 1. The van der Waals surface area contributed by atoms with Gasteiger partial charge in [-0.1, -0.05) is 41.9 Å². The molecule has 0 saturated carbocycles. The molecule has 32 heavy (non-hydrogen) atoms. The predicted octanol–water partition coefficient (Wildman–Crippen LogP) is 3.15. The summed E-state index contributed by atoms with van der Waals surface area (Å²) in [6, 6.07) is 14.3. The molecule has 2 fully saturated rings. The Bertz CT molecular complexity index is 1100. The molecule has 2 aliphatic heterocycles. The third-order valence-corrected chi connectivity index (χ3v) is 8.36. The van der Waals surface area contributed by atoms with Crippen LogP contribution in [-0.2, 0) is 26.0 Å². The van der Waals surface area contributed by atoms with E-state index >= 15 is 0 Å². The van der Waals surface area contributed by atoms with Gasteiger partial charge in [-0.15, -0.1) is 0 Å². The van der Waals surface area contributed by atoms with Crippen LogP contribution in [0.25, 0.3) is 0 Å². The summed E-state index contributed by atoms with van der Waals surface area (Å²) in [4.78, 5) is 26.9. The molecule has 9 heteroatoms. The number of sulfonamides is 1. The van der Waals surface area contributed by atoms with E-state index in [1.165, 1.54) is 16.4 Å². The smallest absolute Gasteiger partial charge is 0.244 e. The molecule has 170 valence electrons. The molecule has 2 aromatic rings. The Hall–Kier alpha value is -2.42. The van der Waals surface area contributed by atoms with E-state index in [4.69, 9.17) is 11.6 Å². The third kappa shape index (κ3) is 4.98. The second-order valence-corrected chi connectivity index (χ2v) is 10.5. The van der Waals surface area contributed by atoms with Gasteiger partial charge in [-0.2, -0.15) is 4.31 Å². The van der Waals surface area contributed by atoms with Crippen LogP contribution in [0.1, 0.15) is 24.8 Å². The molecule has 0 bridgehead atoms. The van der Waals surface area contributed by atoms with E-state index in [0.717, 1.165) is 24.8 Å². The van der Waals surface area contributed by atoms with Gasteiger partial charge in [0.1, 0.15) is 4.90 Å². The molecule has 2 saturated heterocycles. The van der Waals surface area contributed by atoms with E-state index in [2.05, 4.69) is 5.32 Å². The Balaban J connectivity index is 1.40. The number of rotatable bonds is 7. The summed E-state index contributed by atoms with van der Waals surface area (Å²) in [5, 5.41) is 2.89. The summed E-state index contributed by atoms with van der Waals surface area (Å²) in [6.45, 7) is 1.85. The van der Waals surface area contributed by atoms with Crippen molar-refractivity contribution in [3.63, 3.8) is 0 Å². The highest BCUT2D eigenvalue weighted by Gasteiger charge is 2.34. The number of hydrogen-bond acceptors (Lipinski definition) is 4. The van der Waals surface area contributed by atoms with Gasteiger partial charge in [0, 0.05) is 38.3 Å². The normalized spacial score (nSPS) is 19.5. The fourth-order valence-electron chi connectivity index (χ4n) is 4.16. The van der Waals surface area contributed by atoms with Crippen molar-refractivity contribution in [3.8, 4) is 0 Å². The van der Waals surface area contributed by atoms with Crippen LogP contribution in [0.15, 0.2) is 53.4 Å². The van der Waals surface area contributed by atoms with Crippen molar-refractivity contribution < 1.29 is 18.0 Å². The van der Waals surface area contributed by atoms with Gasteiger partial charge in [-0.3, -0.25) is 9.59 Å². The number of anilines is 1. The molecule has 1 atom stereocenters. The Morgan fingerprint density at radius 1 is 1.09 bits per heavy atom. The highest BCUT2D eigenvalue weighted by Crippen LogP contribution is 2.30. The quantitative estimate of drug-likeness (QED) is 0.666. The van der Waals surface area contributed by atoms with E-state index in [0.29, 0.717) is 31.9 Å². The lowest BCUT2D eigenvalue weighted by atomic mass is 10.1. The molecule has 2 aromatic carbocycles. The average molecular weight is 476 g/mol. The largest absolute Gasteiger partial charge is 0.342 e. The van der Waals surface area contributed by atoms with Crippen LogP contribution in [0.3, 0.4) is 0 Å². The number of halogens is 1. The second kappa shape index (κ2) is 9.60. The summed E-state index contributed by atoms with van der Waals surface area (Å²) in [6.07, 6.45) is 2.52. The van der Waals surface area contributed by atoms with Gasteiger partial charge in [-0.25, -0.2) is 8.42 Å². The Morgan fingerprint density at radius 2 is 1.81 bits per heavy atom. The molecule has 2 aliphatic rings. The molecule has 0 aliphatic carbocycles. The van der Waals surface area contributed by atoms with Crippen LogP contribution in [0.5, 0.6) is 0 Å². The summed E-state index contributed by atoms with van der Waals surface area (Å²) < 4.78 is 27.2. The zero-order valence-corrected chi connectivity index (χ0v) is 19.2. The molecule has 0 aromatic heterocycles. The Morgan fingerprint density at radius 3 is 2.53 bits per heavy atom. The predicted molar refractivity (Wildman–Crippen MR) is 123 cm³/mol. The van der Waals surface area contributed by atoms with E-state index in [1.807, 2.05) is 30.3 Å². The van der Waals surface area contributed by atoms with E-state index in [-0.39, 0.29) is 28.2 Å². The SMILES string of the molecule is O=C(Nc1ccc(Cl)c(S(=O)(=O)N2CCCC2)c1)[C@H]1CC(=O)N(CCc2ccccc2)C1. The minimum absolute atomic E-state index is 0.00847. The van der Waals surface area contributed by atoms with Gasteiger partial charge >= 0.3 is 0 Å². The lowest BCUT2D eigenvalue weighted by Crippen LogP contribution is -2.30. The highest BCUT2D eigenvalue weighted by atomic mass is 35.5. The second-order valence-electron chi connectivity index (χ2n) is 8.22. The van der Waals surface area contributed by atoms with Crippen molar-refractivity contribution in [1.29, 1.82) is 0 Å². The standard InChI is InChI=1S/C23H26ClN3O4S/c24-20-9-8-19(15-21(20)32(30,31)27-11-4-5-12-27)25-23(29)18-14-22(28)26(16-18)13-10-17-6-2-1-3-7-17/h1-3,6-9,15,18H,4-5,10-14,16H2,(H,25,29)/t18-/m0/s1. The fraction of sp³-hybridized carbons (Fsp3) is 0.391. The maximum absolute atomic E-state index is 12.9. The monoisotopic (exact) mass is 475 g/mol. The number of hydrogen-bond donors (Lipinski definition) is 1. The van der Waals surface area contributed by atoms with Crippen LogP contribution in [0, 0.1) is 5.92 Å². The zero-order chi connectivity index (χ0) is 22.7. The molecule has 7 nitrogen and oxygen atoms in total. The van der Waals surface area contributed by atoms with E-state index in [9.17, 15) is 18.0 Å². The van der Waals surface area contributed by atoms with Crippen LogP contribution in [0.2, 0.25) is 5.02 Å². The first-order valence-electron chi connectivity index (χ1n) is 10.8. The summed E-state index contributed by atoms with van der Waals surface area (Å²) in [5.41, 5.74) is 1.49. The van der Waals surface area contributed by atoms with Crippen LogP contribution >= 0.6 is 11.6 Å². The molecular formula is C23H26ClN3O4S. The van der Waals surface area contributed by atoms with Crippen molar-refractivity contribution >= 4 is 39.1 Å². The van der Waals surface area contributed by atoms with Gasteiger partial charge in [0.05, 0.1) is 10.9 Å². The minimum atomic E-state index is -3.71. The van der Waals surface area contributed by atoms with E-state index < -0.39 is 15.9 Å². The van der Waals surface area contributed by atoms with E-state index in [1.54, 1.807) is 11.0 Å². The maximum Gasteiger partial charge on any atom is 0.244 e. The molecule has 4 rings (SSSR count). The van der Waals surface area contributed by atoms with Crippen LogP contribution in [0.4, 0.5) is 5.69 Å². The average Bonchev–Trinajstić information content (AvgIpc) is 3.45. The first-order valence-corrected chi connectivity index (χ1v) is 12.6. The van der Waals surface area contributed by atoms with Gasteiger partial charge in [-0.05, 0) is 43.0 Å². The van der Waals surface area contributed by atoms with Crippen molar-refractivity contribution in [1.82, 2.24) is 9.21 Å². The van der Waals surface area contributed by atoms with Gasteiger partial charge < -0.3 is 10.2 Å². The molecular weight excluding hydrogens is 450 g/mol. The molecule has 0 unspecified atom stereocenters. The van der Waals surface area contributed by atoms with Gasteiger partial charge in [0.2, 0.25) is 21.8 Å². The zero-order valence-electron chi connectivity index (χ0n) is 17.7. The number of nitrogens with zero attached hydrogens (tertiary/aromatic N) is 2. The molecule has 0 radical (unpaired) electrons. The number of amides is 2. The molecule has 0 spiro atoms. The van der Waals surface area contributed by atoms with Gasteiger partial charge in [0.15, 0.2) is 0 Å². The minimum Gasteiger partial charge on any atom is -0.342 e. The van der Waals surface area contributed by atoms with Crippen LogP contribution < -0.4 is 5.32 Å². The summed E-state index contributed by atoms with van der Waals surface area (Å²) in [5.74, 6) is -0.825.